The summed E-state index contributed by atoms with van der Waals surface area (Å²) in [6.07, 6.45) is 1.15. The van der Waals surface area contributed by atoms with Crippen LogP contribution in [0.4, 0.5) is 0 Å². The van der Waals surface area contributed by atoms with E-state index in [2.05, 4.69) is 0 Å². The molecule has 0 heterocycles. The van der Waals surface area contributed by atoms with E-state index in [1.165, 1.54) is 0 Å². The zero-order chi connectivity index (χ0) is 12.0. The van der Waals surface area contributed by atoms with Gasteiger partial charge in [-0.3, -0.25) is 4.79 Å². The van der Waals surface area contributed by atoms with E-state index in [4.69, 9.17) is 16.6 Å². The first-order valence-electron chi connectivity index (χ1n) is 5.38. The van der Waals surface area contributed by atoms with Gasteiger partial charge in [0.1, 0.15) is 6.04 Å². The molecule has 5 N–H and O–H groups in total. The Morgan fingerprint density at radius 1 is 1.25 bits per heavy atom. The standard InChI is InChI=1S/C12H18N2O2/c13-8-10(6-7-11(14)12(15)16)9-4-2-1-3-5-9/h1-5,10-11H,6-8,13-14H2,(H,15,16)/t10?,11-/m1/s1. The topological polar surface area (TPSA) is 89.3 Å². The molecule has 0 aliphatic carbocycles. The van der Waals surface area contributed by atoms with Crippen LogP contribution in [0.1, 0.15) is 24.3 Å². The van der Waals surface area contributed by atoms with Gasteiger partial charge in [-0.2, -0.15) is 0 Å². The molecule has 0 aliphatic heterocycles. The number of carboxylic acid groups (broad SMARTS) is 1. The van der Waals surface area contributed by atoms with Crippen molar-refractivity contribution in [3.63, 3.8) is 0 Å². The second-order valence-corrected chi connectivity index (χ2v) is 3.87. The molecule has 0 radical (unpaired) electrons. The molecular formula is C12H18N2O2. The Balaban J connectivity index is 2.53. The van der Waals surface area contributed by atoms with Crippen molar-refractivity contribution in [1.82, 2.24) is 0 Å². The fraction of sp³-hybridized carbons (Fsp3) is 0.417. The SMILES string of the molecule is NCC(CC[C@@H](N)C(=O)O)c1ccccc1. The van der Waals surface area contributed by atoms with Crippen molar-refractivity contribution < 1.29 is 9.90 Å². The molecule has 1 rings (SSSR count). The summed E-state index contributed by atoms with van der Waals surface area (Å²) in [6.45, 7) is 0.510. The maximum absolute atomic E-state index is 10.6. The summed E-state index contributed by atoms with van der Waals surface area (Å²) in [6, 6.07) is 9.07. The summed E-state index contributed by atoms with van der Waals surface area (Å²) in [5, 5.41) is 8.68. The van der Waals surface area contributed by atoms with Crippen LogP contribution in [0.3, 0.4) is 0 Å². The zero-order valence-corrected chi connectivity index (χ0v) is 9.17. The number of hydrogen-bond acceptors (Lipinski definition) is 3. The van der Waals surface area contributed by atoms with Crippen LogP contribution in [-0.4, -0.2) is 23.7 Å². The lowest BCUT2D eigenvalue weighted by Gasteiger charge is -2.16. The fourth-order valence-corrected chi connectivity index (χ4v) is 1.65. The lowest BCUT2D eigenvalue weighted by Crippen LogP contribution is -2.30. The molecule has 4 nitrogen and oxygen atoms in total. The first-order valence-corrected chi connectivity index (χ1v) is 5.38. The van der Waals surface area contributed by atoms with Crippen LogP contribution in [0.15, 0.2) is 30.3 Å². The normalized spacial score (nSPS) is 14.4. The molecule has 4 heteroatoms. The Morgan fingerprint density at radius 3 is 2.38 bits per heavy atom. The van der Waals surface area contributed by atoms with Gasteiger partial charge in [-0.05, 0) is 30.9 Å². The Morgan fingerprint density at radius 2 is 1.88 bits per heavy atom. The van der Waals surface area contributed by atoms with Crippen LogP contribution in [0.5, 0.6) is 0 Å². The quantitative estimate of drug-likeness (QED) is 0.667. The number of rotatable bonds is 6. The lowest BCUT2D eigenvalue weighted by molar-refractivity contribution is -0.138. The Hall–Kier alpha value is -1.39. The van der Waals surface area contributed by atoms with Crippen LogP contribution < -0.4 is 11.5 Å². The first kappa shape index (κ1) is 12.7. The average molecular weight is 222 g/mol. The molecule has 1 aromatic carbocycles. The average Bonchev–Trinajstić information content (AvgIpc) is 2.30. The minimum absolute atomic E-state index is 0.187. The van der Waals surface area contributed by atoms with Gasteiger partial charge in [0, 0.05) is 0 Å². The van der Waals surface area contributed by atoms with Crippen LogP contribution in [0.2, 0.25) is 0 Å². The predicted molar refractivity (Wildman–Crippen MR) is 63.1 cm³/mol. The van der Waals surface area contributed by atoms with Crippen molar-refractivity contribution in [1.29, 1.82) is 0 Å². The number of carbonyl (C=O) groups is 1. The van der Waals surface area contributed by atoms with E-state index in [1.807, 2.05) is 30.3 Å². The number of aliphatic carboxylic acids is 1. The summed E-state index contributed by atoms with van der Waals surface area (Å²) >= 11 is 0. The van der Waals surface area contributed by atoms with Crippen molar-refractivity contribution in [2.45, 2.75) is 24.8 Å². The minimum Gasteiger partial charge on any atom is -0.480 e. The third-order valence-electron chi connectivity index (χ3n) is 2.70. The number of nitrogens with two attached hydrogens (primary N) is 2. The van der Waals surface area contributed by atoms with E-state index in [0.717, 1.165) is 5.56 Å². The highest BCUT2D eigenvalue weighted by Crippen LogP contribution is 2.20. The van der Waals surface area contributed by atoms with Crippen molar-refractivity contribution >= 4 is 5.97 Å². The smallest absolute Gasteiger partial charge is 0.320 e. The van der Waals surface area contributed by atoms with Crippen molar-refractivity contribution in [3.8, 4) is 0 Å². The third kappa shape index (κ3) is 3.64. The van der Waals surface area contributed by atoms with Gasteiger partial charge in [0.15, 0.2) is 0 Å². The molecule has 0 amide bonds. The lowest BCUT2D eigenvalue weighted by atomic mass is 9.93. The van der Waals surface area contributed by atoms with Gasteiger partial charge in [0.2, 0.25) is 0 Å². The van der Waals surface area contributed by atoms with Crippen molar-refractivity contribution in [3.05, 3.63) is 35.9 Å². The highest BCUT2D eigenvalue weighted by atomic mass is 16.4. The maximum Gasteiger partial charge on any atom is 0.320 e. The molecule has 2 atom stereocenters. The summed E-state index contributed by atoms with van der Waals surface area (Å²) in [7, 11) is 0. The van der Waals surface area contributed by atoms with E-state index >= 15 is 0 Å². The Labute approximate surface area is 95.3 Å². The van der Waals surface area contributed by atoms with Crippen LogP contribution >= 0.6 is 0 Å². The molecule has 1 aromatic rings. The Bertz CT molecular complexity index is 327. The first-order chi connectivity index (χ1) is 7.65. The van der Waals surface area contributed by atoms with E-state index in [1.54, 1.807) is 0 Å². The second kappa shape index (κ2) is 6.25. The zero-order valence-electron chi connectivity index (χ0n) is 9.17. The molecular weight excluding hydrogens is 204 g/mol. The Kier molecular flexibility index (Phi) is 4.95. The van der Waals surface area contributed by atoms with Crippen LogP contribution in [0, 0.1) is 0 Å². The van der Waals surface area contributed by atoms with Crippen LogP contribution in [-0.2, 0) is 4.79 Å². The number of hydrogen-bond donors (Lipinski definition) is 3. The number of carboxylic acids is 1. The molecule has 0 bridgehead atoms. The predicted octanol–water partition coefficient (Wildman–Crippen LogP) is 0.921. The van der Waals surface area contributed by atoms with Gasteiger partial charge >= 0.3 is 5.97 Å². The molecule has 0 saturated heterocycles. The second-order valence-electron chi connectivity index (χ2n) is 3.87. The summed E-state index contributed by atoms with van der Waals surface area (Å²) < 4.78 is 0. The van der Waals surface area contributed by atoms with Gasteiger partial charge in [-0.1, -0.05) is 30.3 Å². The molecule has 16 heavy (non-hydrogen) atoms. The van der Waals surface area contributed by atoms with Crippen LogP contribution in [0.25, 0.3) is 0 Å². The molecule has 0 saturated carbocycles. The van der Waals surface area contributed by atoms with Gasteiger partial charge in [0.25, 0.3) is 0 Å². The summed E-state index contributed by atoms with van der Waals surface area (Å²) in [5.41, 5.74) is 12.3. The van der Waals surface area contributed by atoms with Gasteiger partial charge in [-0.15, -0.1) is 0 Å². The minimum atomic E-state index is -0.955. The van der Waals surface area contributed by atoms with E-state index in [9.17, 15) is 4.79 Å². The van der Waals surface area contributed by atoms with Gasteiger partial charge in [-0.25, -0.2) is 0 Å². The molecule has 0 spiro atoms. The molecule has 1 unspecified atom stereocenters. The van der Waals surface area contributed by atoms with Crippen molar-refractivity contribution in [2.24, 2.45) is 11.5 Å². The summed E-state index contributed by atoms with van der Waals surface area (Å²) in [4.78, 5) is 10.6. The van der Waals surface area contributed by atoms with Gasteiger partial charge < -0.3 is 16.6 Å². The summed E-state index contributed by atoms with van der Waals surface area (Å²) in [5.74, 6) is -0.768. The van der Waals surface area contributed by atoms with E-state index < -0.39 is 12.0 Å². The highest BCUT2D eigenvalue weighted by molar-refractivity contribution is 5.72. The maximum atomic E-state index is 10.6. The van der Waals surface area contributed by atoms with Crippen molar-refractivity contribution in [2.75, 3.05) is 6.54 Å². The van der Waals surface area contributed by atoms with E-state index in [0.29, 0.717) is 19.4 Å². The molecule has 0 aliphatic rings. The molecule has 0 fully saturated rings. The third-order valence-corrected chi connectivity index (χ3v) is 2.70. The van der Waals surface area contributed by atoms with E-state index in [-0.39, 0.29) is 5.92 Å². The largest absolute Gasteiger partial charge is 0.480 e. The number of benzene rings is 1. The monoisotopic (exact) mass is 222 g/mol. The highest BCUT2D eigenvalue weighted by Gasteiger charge is 2.15. The fourth-order valence-electron chi connectivity index (χ4n) is 1.65. The van der Waals surface area contributed by atoms with Gasteiger partial charge in [0.05, 0.1) is 0 Å². The molecule has 88 valence electrons. The molecule has 0 aromatic heterocycles.